The van der Waals surface area contributed by atoms with E-state index in [1.165, 1.54) is 0 Å². The fraction of sp³-hybridized carbons (Fsp3) is 0.500. The van der Waals surface area contributed by atoms with Gasteiger partial charge in [0.15, 0.2) is 0 Å². The summed E-state index contributed by atoms with van der Waals surface area (Å²) in [7, 11) is 0. The second kappa shape index (κ2) is 5.87. The van der Waals surface area contributed by atoms with Crippen LogP contribution in [0.1, 0.15) is 31.7 Å². The summed E-state index contributed by atoms with van der Waals surface area (Å²) in [6.07, 6.45) is 1.25. The van der Waals surface area contributed by atoms with Crippen molar-refractivity contribution in [2.45, 2.75) is 31.8 Å². The number of para-hydroxylation sites is 1. The topological polar surface area (TPSA) is 67.9 Å². The molecule has 1 N–H and O–H groups in total. The van der Waals surface area contributed by atoms with E-state index in [1.54, 1.807) is 4.90 Å². The van der Waals surface area contributed by atoms with Crippen LogP contribution in [0.3, 0.4) is 0 Å². The summed E-state index contributed by atoms with van der Waals surface area (Å²) in [6.45, 7) is 3.43. The Morgan fingerprint density at radius 2 is 2.09 bits per heavy atom. The molecule has 0 radical (unpaired) electrons. The molecule has 3 rings (SSSR count). The van der Waals surface area contributed by atoms with Gasteiger partial charge < -0.3 is 14.4 Å². The minimum absolute atomic E-state index is 0.287. The average Bonchev–Trinajstić information content (AvgIpc) is 2.53. The Kier molecular flexibility index (Phi) is 3.92. The maximum absolute atomic E-state index is 11.9. The molecule has 2 amide bonds. The number of benzene rings is 1. The summed E-state index contributed by atoms with van der Waals surface area (Å²) in [5.41, 5.74) is 1.14. The highest BCUT2D eigenvalue weighted by atomic mass is 16.6. The normalized spacial score (nSPS) is 19.1. The third-order valence-corrected chi connectivity index (χ3v) is 4.20. The van der Waals surface area contributed by atoms with Crippen molar-refractivity contribution in [2.24, 2.45) is 0 Å². The lowest BCUT2D eigenvalue weighted by Gasteiger charge is -2.43. The van der Waals surface area contributed by atoms with Gasteiger partial charge in [0, 0.05) is 31.5 Å². The van der Waals surface area contributed by atoms with Crippen LogP contribution in [-0.2, 0) is 15.1 Å². The van der Waals surface area contributed by atoms with Gasteiger partial charge in [0.25, 0.3) is 0 Å². The highest BCUT2D eigenvalue weighted by Crippen LogP contribution is 2.43. The number of hydrogen-bond donors (Lipinski definition) is 1. The molecule has 6 nitrogen and oxygen atoms in total. The summed E-state index contributed by atoms with van der Waals surface area (Å²) in [6, 6.07) is 7.66. The van der Waals surface area contributed by atoms with Gasteiger partial charge in [-0.3, -0.25) is 5.32 Å². The van der Waals surface area contributed by atoms with Crippen molar-refractivity contribution >= 4 is 17.9 Å². The van der Waals surface area contributed by atoms with Gasteiger partial charge >= 0.3 is 12.2 Å². The Morgan fingerprint density at radius 3 is 2.82 bits per heavy atom. The number of carbonyl (C=O) groups excluding carboxylic acids is 2. The summed E-state index contributed by atoms with van der Waals surface area (Å²) in [5, 5.41) is 2.73. The number of amides is 2. The van der Waals surface area contributed by atoms with Gasteiger partial charge in [0.05, 0.1) is 12.3 Å². The van der Waals surface area contributed by atoms with E-state index in [2.05, 4.69) is 5.32 Å². The predicted molar refractivity (Wildman–Crippen MR) is 80.7 cm³/mol. The summed E-state index contributed by atoms with van der Waals surface area (Å²) in [4.78, 5) is 25.4. The van der Waals surface area contributed by atoms with Crippen LogP contribution in [0.2, 0.25) is 0 Å². The minimum Gasteiger partial charge on any atom is -0.449 e. The number of piperidine rings is 1. The van der Waals surface area contributed by atoms with E-state index in [4.69, 9.17) is 9.47 Å². The zero-order valence-corrected chi connectivity index (χ0v) is 12.6. The number of carbonyl (C=O) groups is 2. The Labute approximate surface area is 129 Å². The van der Waals surface area contributed by atoms with Gasteiger partial charge in [-0.1, -0.05) is 25.1 Å². The predicted octanol–water partition coefficient (Wildman–Crippen LogP) is 3.09. The molecule has 0 aromatic heterocycles. The first-order valence-electron chi connectivity index (χ1n) is 7.66. The van der Waals surface area contributed by atoms with Gasteiger partial charge in [-0.2, -0.15) is 0 Å². The van der Waals surface area contributed by atoms with E-state index in [0.717, 1.165) is 17.7 Å². The lowest BCUT2D eigenvalue weighted by Crippen LogP contribution is -2.49. The minimum atomic E-state index is -0.638. The van der Waals surface area contributed by atoms with E-state index in [0.29, 0.717) is 32.5 Å². The van der Waals surface area contributed by atoms with Crippen molar-refractivity contribution in [1.82, 2.24) is 4.90 Å². The molecule has 2 aliphatic heterocycles. The molecule has 1 aromatic carbocycles. The van der Waals surface area contributed by atoms with Crippen LogP contribution in [0.15, 0.2) is 24.3 Å². The van der Waals surface area contributed by atoms with Crippen molar-refractivity contribution < 1.29 is 19.1 Å². The fourth-order valence-electron chi connectivity index (χ4n) is 3.06. The number of hydrogen-bond acceptors (Lipinski definition) is 4. The summed E-state index contributed by atoms with van der Waals surface area (Å²) in [5.74, 6) is 0. The van der Waals surface area contributed by atoms with Crippen LogP contribution >= 0.6 is 0 Å². The summed E-state index contributed by atoms with van der Waals surface area (Å²) < 4.78 is 10.8. The number of fused-ring (bicyclic) bond motifs is 2. The molecule has 22 heavy (non-hydrogen) atoms. The molecule has 118 valence electrons. The van der Waals surface area contributed by atoms with Crippen molar-refractivity contribution in [1.29, 1.82) is 0 Å². The largest absolute Gasteiger partial charge is 0.449 e. The molecule has 2 aliphatic rings. The second-order valence-electron chi connectivity index (χ2n) is 5.66. The van der Waals surface area contributed by atoms with Crippen LogP contribution in [0, 0.1) is 0 Å². The smallest absolute Gasteiger partial charge is 0.412 e. The van der Waals surface area contributed by atoms with E-state index >= 15 is 0 Å². The van der Waals surface area contributed by atoms with Crippen LogP contribution in [0.4, 0.5) is 15.3 Å². The number of nitrogens with zero attached hydrogens (tertiary/aromatic N) is 1. The fourth-order valence-corrected chi connectivity index (χ4v) is 3.06. The third-order valence-electron chi connectivity index (χ3n) is 4.20. The van der Waals surface area contributed by atoms with E-state index in [-0.39, 0.29) is 6.09 Å². The maximum Gasteiger partial charge on any atom is 0.412 e. The van der Waals surface area contributed by atoms with Gasteiger partial charge in [0.1, 0.15) is 5.60 Å². The number of anilines is 1. The number of nitrogens with one attached hydrogen (secondary N) is 1. The molecule has 1 aromatic rings. The van der Waals surface area contributed by atoms with E-state index in [1.807, 2.05) is 31.2 Å². The van der Waals surface area contributed by atoms with Crippen molar-refractivity contribution in [3.05, 3.63) is 29.8 Å². The molecule has 0 aliphatic carbocycles. The van der Waals surface area contributed by atoms with E-state index < -0.39 is 11.7 Å². The molecule has 0 atom stereocenters. The first kappa shape index (κ1) is 14.7. The molecule has 0 bridgehead atoms. The highest BCUT2D eigenvalue weighted by molar-refractivity contribution is 5.88. The standard InChI is InChI=1S/C16H20N2O4/c1-2-11-21-15(20)18-9-7-16(8-10-18)12-5-3-4-6-13(12)17-14(19)22-16/h3-6H,2,7-11H2,1H3,(H,17,19). The number of ether oxygens (including phenoxy) is 2. The van der Waals surface area contributed by atoms with E-state index in [9.17, 15) is 9.59 Å². The van der Waals surface area contributed by atoms with Gasteiger partial charge in [-0.25, -0.2) is 9.59 Å². The monoisotopic (exact) mass is 304 g/mol. The molecule has 1 spiro atoms. The zero-order valence-electron chi connectivity index (χ0n) is 12.6. The molecule has 1 fully saturated rings. The van der Waals surface area contributed by atoms with Crippen molar-refractivity contribution in [3.63, 3.8) is 0 Å². The highest BCUT2D eigenvalue weighted by Gasteiger charge is 2.45. The molecule has 1 saturated heterocycles. The number of rotatable bonds is 2. The van der Waals surface area contributed by atoms with Crippen LogP contribution in [0.25, 0.3) is 0 Å². The molecular formula is C16H20N2O4. The molecular weight excluding hydrogens is 284 g/mol. The Bertz CT molecular complexity index is 579. The second-order valence-corrected chi connectivity index (χ2v) is 5.66. The van der Waals surface area contributed by atoms with Crippen molar-refractivity contribution in [3.8, 4) is 0 Å². The SMILES string of the molecule is CCCOC(=O)N1CCC2(CC1)OC(=O)Nc1ccccc12. The Balaban J connectivity index is 1.75. The quantitative estimate of drug-likeness (QED) is 0.911. The van der Waals surface area contributed by atoms with Gasteiger partial charge in [-0.15, -0.1) is 0 Å². The first-order chi connectivity index (χ1) is 10.6. The zero-order chi connectivity index (χ0) is 15.6. The Hall–Kier alpha value is -2.24. The van der Waals surface area contributed by atoms with Crippen LogP contribution < -0.4 is 5.32 Å². The first-order valence-corrected chi connectivity index (χ1v) is 7.66. The third kappa shape index (κ3) is 2.61. The molecule has 0 unspecified atom stereocenters. The molecule has 2 heterocycles. The van der Waals surface area contributed by atoms with Gasteiger partial charge in [0.2, 0.25) is 0 Å². The van der Waals surface area contributed by atoms with Crippen molar-refractivity contribution in [2.75, 3.05) is 25.0 Å². The Morgan fingerprint density at radius 1 is 1.36 bits per heavy atom. The lowest BCUT2D eigenvalue weighted by atomic mass is 9.82. The lowest BCUT2D eigenvalue weighted by molar-refractivity contribution is -0.0362. The number of likely N-dealkylation sites (tertiary alicyclic amines) is 1. The van der Waals surface area contributed by atoms with Crippen LogP contribution in [-0.4, -0.2) is 36.8 Å². The van der Waals surface area contributed by atoms with Crippen LogP contribution in [0.5, 0.6) is 0 Å². The molecule has 6 heteroatoms. The molecule has 0 saturated carbocycles. The summed E-state index contributed by atoms with van der Waals surface area (Å²) >= 11 is 0. The average molecular weight is 304 g/mol. The maximum atomic E-state index is 11.9. The van der Waals surface area contributed by atoms with Gasteiger partial charge in [-0.05, 0) is 12.5 Å².